The smallest absolute Gasteiger partial charge is 0.0951 e. The number of imidazole rings is 1. The summed E-state index contributed by atoms with van der Waals surface area (Å²) in [6, 6.07) is 29.7. The van der Waals surface area contributed by atoms with Crippen LogP contribution in [0.1, 0.15) is 16.8 Å². The first kappa shape index (κ1) is 15.4. The maximum absolute atomic E-state index is 4.38. The Morgan fingerprint density at radius 2 is 1.40 bits per heavy atom. The molecular weight excluding hydrogens is 304 g/mol. The SMILES string of the molecule is c1ccc(Cc2cncn2Cc2ccccc2-c2ccccc2)cc1. The number of hydrogen-bond donors (Lipinski definition) is 0. The van der Waals surface area contributed by atoms with E-state index in [4.69, 9.17) is 0 Å². The van der Waals surface area contributed by atoms with Crippen LogP contribution in [0.5, 0.6) is 0 Å². The topological polar surface area (TPSA) is 17.8 Å². The molecule has 25 heavy (non-hydrogen) atoms. The van der Waals surface area contributed by atoms with Crippen LogP contribution in [0.25, 0.3) is 11.1 Å². The minimum atomic E-state index is 0.827. The van der Waals surface area contributed by atoms with Gasteiger partial charge in [-0.15, -0.1) is 0 Å². The third-order valence-electron chi connectivity index (χ3n) is 4.47. The Morgan fingerprint density at radius 1 is 0.720 bits per heavy atom. The van der Waals surface area contributed by atoms with Gasteiger partial charge < -0.3 is 4.57 Å². The number of benzene rings is 3. The van der Waals surface area contributed by atoms with Crippen LogP contribution in [0.4, 0.5) is 0 Å². The van der Waals surface area contributed by atoms with Crippen LogP contribution in [0.2, 0.25) is 0 Å². The summed E-state index contributed by atoms with van der Waals surface area (Å²) >= 11 is 0. The first-order valence-electron chi connectivity index (χ1n) is 8.56. The van der Waals surface area contributed by atoms with Crippen molar-refractivity contribution in [3.8, 4) is 11.1 Å². The predicted octanol–water partition coefficient (Wildman–Crippen LogP) is 5.19. The number of nitrogens with zero attached hydrogens (tertiary/aromatic N) is 2. The Labute approximate surface area is 148 Å². The van der Waals surface area contributed by atoms with Crippen molar-refractivity contribution in [3.63, 3.8) is 0 Å². The van der Waals surface area contributed by atoms with Crippen LogP contribution < -0.4 is 0 Å². The highest BCUT2D eigenvalue weighted by Crippen LogP contribution is 2.24. The molecule has 1 aromatic heterocycles. The van der Waals surface area contributed by atoms with Crippen molar-refractivity contribution in [1.82, 2.24) is 9.55 Å². The second-order valence-electron chi connectivity index (χ2n) is 6.20. The molecule has 0 saturated carbocycles. The molecule has 0 aliphatic rings. The molecule has 0 fully saturated rings. The molecule has 1 heterocycles. The lowest BCUT2D eigenvalue weighted by atomic mass is 9.99. The Hall–Kier alpha value is -3.13. The summed E-state index contributed by atoms with van der Waals surface area (Å²) in [7, 11) is 0. The molecule has 0 aliphatic heterocycles. The van der Waals surface area contributed by atoms with Crippen LogP contribution in [-0.2, 0) is 13.0 Å². The van der Waals surface area contributed by atoms with Gasteiger partial charge in [0.05, 0.1) is 6.33 Å². The molecule has 3 aromatic carbocycles. The van der Waals surface area contributed by atoms with Crippen molar-refractivity contribution in [2.45, 2.75) is 13.0 Å². The zero-order valence-corrected chi connectivity index (χ0v) is 14.0. The van der Waals surface area contributed by atoms with Gasteiger partial charge in [0, 0.05) is 24.9 Å². The number of rotatable bonds is 5. The van der Waals surface area contributed by atoms with Gasteiger partial charge in [0.1, 0.15) is 0 Å². The van der Waals surface area contributed by atoms with Crippen molar-refractivity contribution in [1.29, 1.82) is 0 Å². The molecule has 0 bridgehead atoms. The van der Waals surface area contributed by atoms with E-state index in [9.17, 15) is 0 Å². The summed E-state index contributed by atoms with van der Waals surface area (Å²) in [4.78, 5) is 4.38. The molecule has 0 radical (unpaired) electrons. The first-order valence-corrected chi connectivity index (χ1v) is 8.56. The third kappa shape index (κ3) is 3.53. The van der Waals surface area contributed by atoms with Crippen molar-refractivity contribution in [3.05, 3.63) is 114 Å². The zero-order chi connectivity index (χ0) is 16.9. The fourth-order valence-electron chi connectivity index (χ4n) is 3.18. The van der Waals surface area contributed by atoms with Crippen LogP contribution in [0.3, 0.4) is 0 Å². The average molecular weight is 324 g/mol. The molecule has 4 rings (SSSR count). The summed E-state index contributed by atoms with van der Waals surface area (Å²) in [5.41, 5.74) is 6.38. The largest absolute Gasteiger partial charge is 0.330 e. The lowest BCUT2D eigenvalue weighted by molar-refractivity contribution is 0.754. The second kappa shape index (κ2) is 7.18. The maximum atomic E-state index is 4.38. The molecule has 0 unspecified atom stereocenters. The van der Waals surface area contributed by atoms with Crippen molar-refractivity contribution in [2.24, 2.45) is 0 Å². The van der Waals surface area contributed by atoms with Crippen molar-refractivity contribution < 1.29 is 0 Å². The van der Waals surface area contributed by atoms with E-state index in [0.717, 1.165) is 13.0 Å². The van der Waals surface area contributed by atoms with Gasteiger partial charge in [-0.2, -0.15) is 0 Å². The van der Waals surface area contributed by atoms with Gasteiger partial charge in [-0.3, -0.25) is 0 Å². The summed E-state index contributed by atoms with van der Waals surface area (Å²) in [5, 5.41) is 0. The van der Waals surface area contributed by atoms with E-state index in [-0.39, 0.29) is 0 Å². The molecule has 2 nitrogen and oxygen atoms in total. The minimum Gasteiger partial charge on any atom is -0.330 e. The van der Waals surface area contributed by atoms with Gasteiger partial charge in [0.25, 0.3) is 0 Å². The Kier molecular flexibility index (Phi) is 4.42. The quantitative estimate of drug-likeness (QED) is 0.494. The molecule has 0 saturated heterocycles. The predicted molar refractivity (Wildman–Crippen MR) is 102 cm³/mol. The highest BCUT2D eigenvalue weighted by molar-refractivity contribution is 5.67. The molecule has 0 atom stereocenters. The van der Waals surface area contributed by atoms with Crippen LogP contribution >= 0.6 is 0 Å². The minimum absolute atomic E-state index is 0.827. The Bertz CT molecular complexity index is 940. The van der Waals surface area contributed by atoms with Crippen LogP contribution in [0, 0.1) is 0 Å². The third-order valence-corrected chi connectivity index (χ3v) is 4.47. The van der Waals surface area contributed by atoms with Crippen LogP contribution in [0.15, 0.2) is 97.5 Å². The molecule has 4 aromatic rings. The van der Waals surface area contributed by atoms with Gasteiger partial charge in [-0.05, 0) is 22.3 Å². The number of aromatic nitrogens is 2. The Balaban J connectivity index is 1.63. The lowest BCUT2D eigenvalue weighted by Crippen LogP contribution is -2.05. The summed E-state index contributed by atoms with van der Waals surface area (Å²) in [6.07, 6.45) is 4.80. The molecule has 0 N–H and O–H groups in total. The second-order valence-corrected chi connectivity index (χ2v) is 6.20. The van der Waals surface area contributed by atoms with Crippen LogP contribution in [-0.4, -0.2) is 9.55 Å². The molecule has 122 valence electrons. The highest BCUT2D eigenvalue weighted by atomic mass is 15.0. The monoisotopic (exact) mass is 324 g/mol. The highest BCUT2D eigenvalue weighted by Gasteiger charge is 2.08. The molecule has 2 heteroatoms. The standard InChI is InChI=1S/C23H20N2/c1-3-9-19(10-4-1)15-22-16-24-18-25(22)17-21-13-7-8-14-23(21)20-11-5-2-6-12-20/h1-14,16,18H,15,17H2. The van der Waals surface area contributed by atoms with E-state index in [2.05, 4.69) is 94.5 Å². The van der Waals surface area contributed by atoms with Gasteiger partial charge in [-0.25, -0.2) is 4.98 Å². The summed E-state index contributed by atoms with van der Waals surface area (Å²) in [5.74, 6) is 0. The van der Waals surface area contributed by atoms with Gasteiger partial charge in [0.15, 0.2) is 0 Å². The fourth-order valence-corrected chi connectivity index (χ4v) is 3.18. The van der Waals surface area contributed by atoms with E-state index in [0.29, 0.717) is 0 Å². The summed E-state index contributed by atoms with van der Waals surface area (Å²) in [6.45, 7) is 0.827. The van der Waals surface area contributed by atoms with E-state index in [1.54, 1.807) is 0 Å². The van der Waals surface area contributed by atoms with Crippen molar-refractivity contribution in [2.75, 3.05) is 0 Å². The summed E-state index contributed by atoms with van der Waals surface area (Å²) < 4.78 is 2.24. The number of hydrogen-bond acceptors (Lipinski definition) is 1. The fraction of sp³-hybridized carbons (Fsp3) is 0.0870. The molecule has 0 amide bonds. The maximum Gasteiger partial charge on any atom is 0.0951 e. The molecular formula is C23H20N2. The van der Waals surface area contributed by atoms with Gasteiger partial charge >= 0.3 is 0 Å². The molecule has 0 spiro atoms. The Morgan fingerprint density at radius 3 is 2.20 bits per heavy atom. The van der Waals surface area contributed by atoms with E-state index < -0.39 is 0 Å². The van der Waals surface area contributed by atoms with Gasteiger partial charge in [-0.1, -0.05) is 84.9 Å². The first-order chi connectivity index (χ1) is 12.4. The van der Waals surface area contributed by atoms with E-state index >= 15 is 0 Å². The zero-order valence-electron chi connectivity index (χ0n) is 14.0. The van der Waals surface area contributed by atoms with E-state index in [1.165, 1.54) is 27.9 Å². The normalized spacial score (nSPS) is 10.7. The lowest BCUT2D eigenvalue weighted by Gasteiger charge is -2.13. The van der Waals surface area contributed by atoms with Crippen molar-refractivity contribution >= 4 is 0 Å². The molecule has 0 aliphatic carbocycles. The average Bonchev–Trinajstić information content (AvgIpc) is 3.10. The van der Waals surface area contributed by atoms with Gasteiger partial charge in [0.2, 0.25) is 0 Å². The van der Waals surface area contributed by atoms with E-state index in [1.807, 2.05) is 12.5 Å².